The van der Waals surface area contributed by atoms with Crippen LogP contribution in [-0.2, 0) is 0 Å². The highest BCUT2D eigenvalue weighted by atomic mass is 28.1. The van der Waals surface area contributed by atoms with Crippen molar-refractivity contribution in [3.05, 3.63) is 48.0 Å². The second kappa shape index (κ2) is 4.98. The maximum Gasteiger partial charge on any atom is 0.126 e. The molecule has 0 atom stereocenters. The van der Waals surface area contributed by atoms with Gasteiger partial charge in [-0.1, -0.05) is 36.4 Å². The van der Waals surface area contributed by atoms with Crippen LogP contribution < -0.4 is 4.74 Å². The average Bonchev–Trinajstić information content (AvgIpc) is 2.93. The van der Waals surface area contributed by atoms with Gasteiger partial charge in [0.25, 0.3) is 0 Å². The Kier molecular flexibility index (Phi) is 3.20. The molecule has 0 amide bonds. The number of hydrogen-bond acceptors (Lipinski definition) is 1. The number of fused-ring (bicyclic) bond motifs is 1. The lowest BCUT2D eigenvalue weighted by molar-refractivity contribution is 0.392. The smallest absolute Gasteiger partial charge is 0.126 e. The van der Waals surface area contributed by atoms with Crippen molar-refractivity contribution in [1.82, 2.24) is 0 Å². The normalized spacial score (nSPS) is 15.0. The van der Waals surface area contributed by atoms with Crippen molar-refractivity contribution in [2.24, 2.45) is 0 Å². The molecule has 0 fully saturated rings. The Morgan fingerprint density at radius 2 is 1.89 bits per heavy atom. The third-order valence-electron chi connectivity index (χ3n) is 3.57. The molecule has 0 saturated heterocycles. The van der Waals surface area contributed by atoms with E-state index in [4.69, 9.17) is 4.74 Å². The minimum atomic E-state index is 0.853. The molecule has 0 radical (unpaired) electrons. The Bertz CT molecular complexity index is 601. The molecule has 0 N–H and O–H groups in total. The summed E-state index contributed by atoms with van der Waals surface area (Å²) in [6.07, 6.45) is 6.97. The molecule has 0 saturated carbocycles. The molecule has 0 aromatic heterocycles. The van der Waals surface area contributed by atoms with Crippen LogP contribution >= 0.6 is 0 Å². The molecule has 2 aromatic carbocycles. The first-order valence-electron chi connectivity index (χ1n) is 6.74. The van der Waals surface area contributed by atoms with Gasteiger partial charge < -0.3 is 4.74 Å². The molecule has 0 bridgehead atoms. The van der Waals surface area contributed by atoms with Gasteiger partial charge in [-0.2, -0.15) is 0 Å². The van der Waals surface area contributed by atoms with E-state index in [0.29, 0.717) is 0 Å². The average molecular weight is 254 g/mol. The van der Waals surface area contributed by atoms with Gasteiger partial charge in [-0.25, -0.2) is 0 Å². The van der Waals surface area contributed by atoms with Gasteiger partial charge in [-0.05, 0) is 41.9 Å². The summed E-state index contributed by atoms with van der Waals surface area (Å²) in [6.45, 7) is 0. The third kappa shape index (κ3) is 1.97. The largest absolute Gasteiger partial charge is 0.498 e. The molecule has 1 aliphatic carbocycles. The first-order chi connectivity index (χ1) is 8.90. The van der Waals surface area contributed by atoms with Crippen LogP contribution in [0.2, 0.25) is 0 Å². The summed E-state index contributed by atoms with van der Waals surface area (Å²) in [6, 6.07) is 13.0. The molecule has 92 valence electrons. The lowest BCUT2D eigenvalue weighted by Gasteiger charge is -2.12. The summed E-state index contributed by atoms with van der Waals surface area (Å²) in [5, 5.41) is 2.58. The van der Waals surface area contributed by atoms with E-state index in [-0.39, 0.29) is 0 Å². The standard InChI is InChI=1S/C16H18OSi/c18-11-17-16-10-9-13(12-5-1-2-6-12)14-7-3-4-8-15(14)16/h3-5,7-10H,1-2,6,11H2,18H3. The predicted molar refractivity (Wildman–Crippen MR) is 81.2 cm³/mol. The fraction of sp³-hybridized carbons (Fsp3) is 0.250. The molecule has 18 heavy (non-hydrogen) atoms. The van der Waals surface area contributed by atoms with Crippen LogP contribution in [0.5, 0.6) is 5.75 Å². The topological polar surface area (TPSA) is 9.23 Å². The maximum atomic E-state index is 5.78. The van der Waals surface area contributed by atoms with Crippen LogP contribution in [0, 0.1) is 0 Å². The van der Waals surface area contributed by atoms with Crippen molar-refractivity contribution in [1.29, 1.82) is 0 Å². The lowest BCUT2D eigenvalue weighted by Crippen LogP contribution is -1.97. The van der Waals surface area contributed by atoms with Gasteiger partial charge in [0.05, 0.1) is 16.5 Å². The summed E-state index contributed by atoms with van der Waals surface area (Å²) >= 11 is 0. The summed E-state index contributed by atoms with van der Waals surface area (Å²) in [5.41, 5.74) is 2.90. The summed E-state index contributed by atoms with van der Waals surface area (Å²) in [7, 11) is 1.07. The van der Waals surface area contributed by atoms with Gasteiger partial charge >= 0.3 is 0 Å². The highest BCUT2D eigenvalue weighted by Crippen LogP contribution is 2.36. The molecular formula is C16H18OSi. The van der Waals surface area contributed by atoms with Gasteiger partial charge in [0.1, 0.15) is 5.75 Å². The Morgan fingerprint density at radius 1 is 1.06 bits per heavy atom. The number of allylic oxidation sites excluding steroid dienone is 2. The van der Waals surface area contributed by atoms with Gasteiger partial charge in [-0.15, -0.1) is 0 Å². The van der Waals surface area contributed by atoms with E-state index in [0.717, 1.165) is 22.2 Å². The minimum absolute atomic E-state index is 0.853. The Balaban J connectivity index is 2.19. The van der Waals surface area contributed by atoms with Crippen LogP contribution in [0.4, 0.5) is 0 Å². The minimum Gasteiger partial charge on any atom is -0.498 e. The Labute approximate surface area is 111 Å². The fourth-order valence-corrected chi connectivity index (χ4v) is 3.06. The number of benzene rings is 2. The highest BCUT2D eigenvalue weighted by molar-refractivity contribution is 6.08. The Morgan fingerprint density at radius 3 is 2.61 bits per heavy atom. The van der Waals surface area contributed by atoms with Crippen LogP contribution in [0.1, 0.15) is 24.8 Å². The first kappa shape index (κ1) is 11.5. The molecule has 0 heterocycles. The summed E-state index contributed by atoms with van der Waals surface area (Å²) in [5.74, 6) is 1.03. The number of rotatable bonds is 3. The van der Waals surface area contributed by atoms with E-state index in [1.54, 1.807) is 0 Å². The molecular weight excluding hydrogens is 236 g/mol. The zero-order valence-corrected chi connectivity index (χ0v) is 12.8. The van der Waals surface area contributed by atoms with Crippen LogP contribution in [-0.4, -0.2) is 16.5 Å². The van der Waals surface area contributed by atoms with Crippen molar-refractivity contribution in [2.45, 2.75) is 19.3 Å². The molecule has 2 heteroatoms. The van der Waals surface area contributed by atoms with Gasteiger partial charge in [0.15, 0.2) is 0 Å². The van der Waals surface area contributed by atoms with Crippen LogP contribution in [0.3, 0.4) is 0 Å². The molecule has 1 nitrogen and oxygen atoms in total. The number of hydrogen-bond donors (Lipinski definition) is 0. The molecule has 2 aromatic rings. The van der Waals surface area contributed by atoms with E-state index < -0.39 is 0 Å². The monoisotopic (exact) mass is 254 g/mol. The Hall–Kier alpha value is -1.54. The van der Waals surface area contributed by atoms with E-state index in [1.165, 1.54) is 41.2 Å². The molecule has 3 rings (SSSR count). The van der Waals surface area contributed by atoms with Crippen LogP contribution in [0.15, 0.2) is 42.5 Å². The van der Waals surface area contributed by atoms with Gasteiger partial charge in [0, 0.05) is 5.39 Å². The fourth-order valence-electron chi connectivity index (χ4n) is 2.75. The molecule has 0 spiro atoms. The third-order valence-corrected chi connectivity index (χ3v) is 3.86. The second-order valence-corrected chi connectivity index (χ2v) is 5.29. The van der Waals surface area contributed by atoms with Crippen LogP contribution in [0.25, 0.3) is 16.3 Å². The van der Waals surface area contributed by atoms with Crippen molar-refractivity contribution >= 4 is 26.6 Å². The van der Waals surface area contributed by atoms with E-state index in [9.17, 15) is 0 Å². The predicted octanol–water partition coefficient (Wildman–Crippen LogP) is 3.11. The summed E-state index contributed by atoms with van der Waals surface area (Å²) < 4.78 is 5.78. The lowest BCUT2D eigenvalue weighted by atomic mass is 9.97. The van der Waals surface area contributed by atoms with Crippen molar-refractivity contribution in [3.8, 4) is 5.75 Å². The SMILES string of the molecule is [SiH3]COc1ccc(C2=CCCC2)c2ccccc12. The molecule has 0 unspecified atom stereocenters. The van der Waals surface area contributed by atoms with Crippen molar-refractivity contribution in [3.63, 3.8) is 0 Å². The molecule has 0 aliphatic heterocycles. The van der Waals surface area contributed by atoms with Crippen molar-refractivity contribution in [2.75, 3.05) is 6.23 Å². The first-order valence-corrected chi connectivity index (χ1v) is 8.15. The second-order valence-electron chi connectivity index (χ2n) is 4.71. The summed E-state index contributed by atoms with van der Waals surface area (Å²) in [4.78, 5) is 0. The highest BCUT2D eigenvalue weighted by Gasteiger charge is 2.12. The zero-order valence-electron chi connectivity index (χ0n) is 10.8. The van der Waals surface area contributed by atoms with Gasteiger partial charge in [-0.3, -0.25) is 0 Å². The van der Waals surface area contributed by atoms with Gasteiger partial charge in [0.2, 0.25) is 0 Å². The quantitative estimate of drug-likeness (QED) is 0.765. The number of ether oxygens (including phenoxy) is 1. The van der Waals surface area contributed by atoms with E-state index in [1.807, 2.05) is 0 Å². The maximum absolute atomic E-state index is 5.78. The van der Waals surface area contributed by atoms with E-state index in [2.05, 4.69) is 42.5 Å². The van der Waals surface area contributed by atoms with E-state index >= 15 is 0 Å². The zero-order chi connectivity index (χ0) is 12.4. The molecule has 1 aliphatic rings. The van der Waals surface area contributed by atoms with Crippen molar-refractivity contribution < 1.29 is 4.74 Å².